The van der Waals surface area contributed by atoms with Gasteiger partial charge in [0.1, 0.15) is 0 Å². The number of carbonyl (C=O) groups excluding carboxylic acids is 1. The van der Waals surface area contributed by atoms with E-state index in [0.717, 1.165) is 12.8 Å². The number of nitrogens with zero attached hydrogens (tertiary/aromatic N) is 1. The Morgan fingerprint density at radius 1 is 0.767 bits per heavy atom. The van der Waals surface area contributed by atoms with Gasteiger partial charge in [0, 0.05) is 12.8 Å². The summed E-state index contributed by atoms with van der Waals surface area (Å²) in [6.45, 7) is 3.25. The molecule has 0 aromatic carbocycles. The minimum atomic E-state index is -0.781. The summed E-state index contributed by atoms with van der Waals surface area (Å²) in [7, 11) is 3.91. The van der Waals surface area contributed by atoms with Crippen molar-refractivity contribution in [1.29, 1.82) is 0 Å². The molecule has 0 amide bonds. The maximum absolute atomic E-state index is 11.9. The molecule has 0 aliphatic heterocycles. The Balaban J connectivity index is 3.46. The van der Waals surface area contributed by atoms with Crippen molar-refractivity contribution in [3.8, 4) is 0 Å². The van der Waals surface area contributed by atoms with Crippen LogP contribution in [0.4, 0.5) is 0 Å². The second kappa shape index (κ2) is 19.6. The van der Waals surface area contributed by atoms with Crippen molar-refractivity contribution in [3.05, 3.63) is 12.2 Å². The Labute approximate surface area is 185 Å². The van der Waals surface area contributed by atoms with E-state index in [4.69, 9.17) is 9.84 Å². The molecule has 5 nitrogen and oxygen atoms in total. The summed E-state index contributed by atoms with van der Waals surface area (Å²) in [6.07, 6.45) is 22.1. The summed E-state index contributed by atoms with van der Waals surface area (Å²) < 4.78 is 5.87. The average molecular weight is 427 g/mol. The van der Waals surface area contributed by atoms with Gasteiger partial charge in [0.2, 0.25) is 6.73 Å². The van der Waals surface area contributed by atoms with Crippen molar-refractivity contribution in [2.45, 2.75) is 110 Å². The van der Waals surface area contributed by atoms with Crippen molar-refractivity contribution in [2.75, 3.05) is 27.4 Å². The molecular formula is C25H48NO4+. The van der Waals surface area contributed by atoms with Crippen LogP contribution in [0.3, 0.4) is 0 Å². The van der Waals surface area contributed by atoms with E-state index in [2.05, 4.69) is 19.1 Å². The zero-order chi connectivity index (χ0) is 22.5. The number of carboxylic acids is 1. The largest absolute Gasteiger partial charge is 0.481 e. The lowest BCUT2D eigenvalue weighted by atomic mass is 10.1. The van der Waals surface area contributed by atoms with Crippen LogP contribution in [0.15, 0.2) is 12.2 Å². The number of carbonyl (C=O) groups is 2. The van der Waals surface area contributed by atoms with Crippen LogP contribution in [0.5, 0.6) is 0 Å². The number of hydrogen-bond donors (Lipinski definition) is 1. The van der Waals surface area contributed by atoms with Crippen LogP contribution in [-0.4, -0.2) is 48.9 Å². The second-order valence-electron chi connectivity index (χ2n) is 9.14. The minimum Gasteiger partial charge on any atom is -0.481 e. The molecule has 0 aliphatic carbocycles. The number of carboxylic acid groups (broad SMARTS) is 1. The number of aliphatic carboxylic acids is 1. The summed E-state index contributed by atoms with van der Waals surface area (Å²) >= 11 is 0. The number of unbranched alkanes of at least 4 members (excludes halogenated alkanes) is 11. The highest BCUT2D eigenvalue weighted by molar-refractivity contribution is 5.69. The van der Waals surface area contributed by atoms with Crippen LogP contribution >= 0.6 is 0 Å². The normalized spacial score (nSPS) is 11.8. The molecule has 0 saturated heterocycles. The molecule has 30 heavy (non-hydrogen) atoms. The zero-order valence-electron chi connectivity index (χ0n) is 20.0. The fourth-order valence-electron chi connectivity index (χ4n) is 3.38. The molecule has 0 aromatic heterocycles. The smallest absolute Gasteiger partial charge is 0.310 e. The maximum Gasteiger partial charge on any atom is 0.310 e. The highest BCUT2D eigenvalue weighted by Crippen LogP contribution is 2.11. The first-order chi connectivity index (χ1) is 14.4. The van der Waals surface area contributed by atoms with Crippen LogP contribution in [0, 0.1) is 0 Å². The number of rotatable bonds is 21. The highest BCUT2D eigenvalue weighted by atomic mass is 16.5. The van der Waals surface area contributed by atoms with E-state index in [1.165, 1.54) is 70.6 Å². The van der Waals surface area contributed by atoms with E-state index in [1.54, 1.807) is 0 Å². The lowest BCUT2D eigenvalue weighted by Gasteiger charge is -2.28. The first kappa shape index (κ1) is 28.6. The van der Waals surface area contributed by atoms with Crippen molar-refractivity contribution in [1.82, 2.24) is 0 Å². The molecule has 176 valence electrons. The van der Waals surface area contributed by atoms with Crippen molar-refractivity contribution >= 4 is 11.9 Å². The fraction of sp³-hybridized carbons (Fsp3) is 0.840. The zero-order valence-corrected chi connectivity index (χ0v) is 20.0. The Morgan fingerprint density at radius 3 is 1.87 bits per heavy atom. The molecule has 0 aromatic rings. The summed E-state index contributed by atoms with van der Waals surface area (Å²) in [5.41, 5.74) is 0. The quantitative estimate of drug-likeness (QED) is 0.0751. The first-order valence-electron chi connectivity index (χ1n) is 12.2. The molecule has 0 aliphatic rings. The van der Waals surface area contributed by atoms with E-state index in [-0.39, 0.29) is 12.4 Å². The highest BCUT2D eigenvalue weighted by Gasteiger charge is 2.17. The number of allylic oxidation sites excluding steroid dienone is 2. The van der Waals surface area contributed by atoms with Crippen molar-refractivity contribution in [3.63, 3.8) is 0 Å². The number of ether oxygens (including phenoxy) is 1. The summed E-state index contributed by atoms with van der Waals surface area (Å²) in [5, 5.41) is 8.70. The molecule has 0 atom stereocenters. The third-order valence-corrected chi connectivity index (χ3v) is 5.37. The standard InChI is InChI=1S/C25H47NO4/c1-4-5-6-7-8-9-10-11-12-13-14-15-16-17-18-21-25(29)30-23-26(2,3)22-19-20-24(27)28/h11-12H,4-10,13-23H2,1-3H3/p+1/b12-11-. The summed E-state index contributed by atoms with van der Waals surface area (Å²) in [4.78, 5) is 22.4. The van der Waals surface area contributed by atoms with E-state index in [0.29, 0.717) is 30.6 Å². The molecule has 0 unspecified atom stereocenters. The molecule has 0 rings (SSSR count). The maximum atomic E-state index is 11.9. The molecule has 5 heteroatoms. The monoisotopic (exact) mass is 426 g/mol. The Bertz CT molecular complexity index is 460. The van der Waals surface area contributed by atoms with Gasteiger partial charge in [-0.3, -0.25) is 14.1 Å². The van der Waals surface area contributed by atoms with Crippen molar-refractivity contribution in [2.24, 2.45) is 0 Å². The van der Waals surface area contributed by atoms with E-state index in [1.807, 2.05) is 14.1 Å². The molecule has 0 saturated carbocycles. The van der Waals surface area contributed by atoms with Crippen LogP contribution in [0.1, 0.15) is 110 Å². The predicted octanol–water partition coefficient (Wildman–Crippen LogP) is 6.47. The fourth-order valence-corrected chi connectivity index (χ4v) is 3.38. The van der Waals surface area contributed by atoms with Gasteiger partial charge in [-0.05, 0) is 32.1 Å². The van der Waals surface area contributed by atoms with Gasteiger partial charge in [-0.1, -0.05) is 70.4 Å². The predicted molar refractivity (Wildman–Crippen MR) is 124 cm³/mol. The molecule has 0 fully saturated rings. The van der Waals surface area contributed by atoms with Crippen LogP contribution in [-0.2, 0) is 14.3 Å². The van der Waals surface area contributed by atoms with Gasteiger partial charge >= 0.3 is 11.9 Å². The second-order valence-corrected chi connectivity index (χ2v) is 9.14. The first-order valence-corrected chi connectivity index (χ1v) is 12.2. The molecule has 0 heterocycles. The Hall–Kier alpha value is -1.36. The van der Waals surface area contributed by atoms with Gasteiger partial charge in [0.05, 0.1) is 27.1 Å². The van der Waals surface area contributed by atoms with Gasteiger partial charge < -0.3 is 9.84 Å². The van der Waals surface area contributed by atoms with Crippen LogP contribution < -0.4 is 0 Å². The average Bonchev–Trinajstić information content (AvgIpc) is 2.69. The Morgan fingerprint density at radius 2 is 1.30 bits per heavy atom. The summed E-state index contributed by atoms with van der Waals surface area (Å²) in [6, 6.07) is 0. The van der Waals surface area contributed by atoms with Gasteiger partial charge in [0.15, 0.2) is 0 Å². The van der Waals surface area contributed by atoms with Crippen LogP contribution in [0.2, 0.25) is 0 Å². The lowest BCUT2D eigenvalue weighted by Crippen LogP contribution is -2.43. The van der Waals surface area contributed by atoms with Gasteiger partial charge in [-0.2, -0.15) is 0 Å². The van der Waals surface area contributed by atoms with E-state index in [9.17, 15) is 9.59 Å². The van der Waals surface area contributed by atoms with Crippen LogP contribution in [0.25, 0.3) is 0 Å². The van der Waals surface area contributed by atoms with Gasteiger partial charge in [-0.25, -0.2) is 0 Å². The SMILES string of the molecule is CCCCCCCC/C=C\CCCCCCCC(=O)OC[N+](C)(C)CCCC(=O)O. The number of hydrogen-bond acceptors (Lipinski definition) is 3. The molecule has 0 bridgehead atoms. The molecule has 0 spiro atoms. The Kier molecular flexibility index (Phi) is 18.7. The van der Waals surface area contributed by atoms with E-state index < -0.39 is 5.97 Å². The van der Waals surface area contributed by atoms with Crippen molar-refractivity contribution < 1.29 is 23.9 Å². The lowest BCUT2D eigenvalue weighted by molar-refractivity contribution is -0.907. The topological polar surface area (TPSA) is 63.6 Å². The molecule has 0 radical (unpaired) electrons. The van der Waals surface area contributed by atoms with E-state index >= 15 is 0 Å². The van der Waals surface area contributed by atoms with Gasteiger partial charge in [0.25, 0.3) is 0 Å². The third-order valence-electron chi connectivity index (χ3n) is 5.37. The summed E-state index contributed by atoms with van der Waals surface area (Å²) in [5.74, 6) is -0.923. The molecule has 1 N–H and O–H groups in total. The third kappa shape index (κ3) is 21.4. The molecular weight excluding hydrogens is 378 g/mol. The number of quaternary nitrogens is 1. The van der Waals surface area contributed by atoms with Gasteiger partial charge in [-0.15, -0.1) is 0 Å². The number of esters is 1. The minimum absolute atomic E-state index is 0.142.